The van der Waals surface area contributed by atoms with Gasteiger partial charge in [-0.2, -0.15) is 8.78 Å². The number of aromatic nitrogens is 1. The van der Waals surface area contributed by atoms with Crippen LogP contribution in [0.15, 0.2) is 24.3 Å². The van der Waals surface area contributed by atoms with Crippen molar-refractivity contribution in [3.05, 3.63) is 29.3 Å². The van der Waals surface area contributed by atoms with E-state index in [2.05, 4.69) is 9.72 Å². The summed E-state index contributed by atoms with van der Waals surface area (Å²) in [7, 11) is 0. The minimum absolute atomic E-state index is 0.0840. The maximum atomic E-state index is 13.6. The van der Waals surface area contributed by atoms with Gasteiger partial charge in [0.25, 0.3) is 0 Å². The third kappa shape index (κ3) is 2.12. The van der Waals surface area contributed by atoms with Gasteiger partial charge in [-0.15, -0.1) is 11.3 Å². The maximum absolute atomic E-state index is 13.6. The number of carbonyl (C=O) groups is 1. The molecule has 0 saturated heterocycles. The van der Waals surface area contributed by atoms with E-state index in [1.54, 1.807) is 24.3 Å². The third-order valence-electron chi connectivity index (χ3n) is 2.09. The minimum Gasteiger partial charge on any atom is -0.461 e. The lowest BCUT2D eigenvalue weighted by Gasteiger charge is -2.10. The zero-order chi connectivity index (χ0) is 12.5. The SMILES string of the molecule is CCOC(=O)C(F)(F)c1nc2ccccc2s1. The first-order valence-electron chi connectivity index (χ1n) is 4.96. The molecule has 1 heterocycles. The van der Waals surface area contributed by atoms with Gasteiger partial charge < -0.3 is 4.74 Å². The van der Waals surface area contributed by atoms with Crippen molar-refractivity contribution >= 4 is 27.5 Å². The second kappa shape index (κ2) is 4.37. The third-order valence-corrected chi connectivity index (χ3v) is 3.20. The molecule has 6 heteroatoms. The Balaban J connectivity index is 2.41. The van der Waals surface area contributed by atoms with Crippen LogP contribution in [0.5, 0.6) is 0 Å². The molecular formula is C11H9F2NO2S. The largest absolute Gasteiger partial charge is 0.461 e. The monoisotopic (exact) mass is 257 g/mol. The van der Waals surface area contributed by atoms with Crippen LogP contribution < -0.4 is 0 Å². The smallest absolute Gasteiger partial charge is 0.393 e. The quantitative estimate of drug-likeness (QED) is 0.793. The Morgan fingerprint density at radius 1 is 1.47 bits per heavy atom. The molecule has 0 radical (unpaired) electrons. The Morgan fingerprint density at radius 2 is 2.18 bits per heavy atom. The Bertz CT molecular complexity index is 520. The van der Waals surface area contributed by atoms with Crippen LogP contribution in [0.25, 0.3) is 10.2 Å². The minimum atomic E-state index is -3.68. The summed E-state index contributed by atoms with van der Waals surface area (Å²) >= 11 is 0.796. The summed E-state index contributed by atoms with van der Waals surface area (Å²) in [6.07, 6.45) is 0. The van der Waals surface area contributed by atoms with Crippen molar-refractivity contribution in [3.63, 3.8) is 0 Å². The molecule has 0 aliphatic rings. The number of halogens is 2. The first kappa shape index (κ1) is 11.9. The standard InChI is InChI=1S/C11H9F2NO2S/c1-2-16-10(15)11(12,13)9-14-7-5-3-4-6-8(7)17-9/h3-6H,2H2,1H3. The predicted octanol–water partition coefficient (Wildman–Crippen LogP) is 2.95. The fraction of sp³-hybridized carbons (Fsp3) is 0.273. The summed E-state index contributed by atoms with van der Waals surface area (Å²) in [5.74, 6) is -5.24. The van der Waals surface area contributed by atoms with E-state index in [0.717, 1.165) is 11.3 Å². The highest BCUT2D eigenvalue weighted by Crippen LogP contribution is 2.35. The number of alkyl halides is 2. The fourth-order valence-electron chi connectivity index (χ4n) is 1.32. The van der Waals surface area contributed by atoms with E-state index in [1.807, 2.05) is 0 Å². The zero-order valence-corrected chi connectivity index (χ0v) is 9.76. The molecule has 0 saturated carbocycles. The number of thiazole rings is 1. The molecule has 17 heavy (non-hydrogen) atoms. The van der Waals surface area contributed by atoms with Crippen LogP contribution in [0.2, 0.25) is 0 Å². The number of ether oxygens (including phenoxy) is 1. The number of nitrogens with zero attached hydrogens (tertiary/aromatic N) is 1. The highest BCUT2D eigenvalue weighted by Gasteiger charge is 2.45. The van der Waals surface area contributed by atoms with Gasteiger partial charge in [0.2, 0.25) is 0 Å². The molecule has 0 aliphatic carbocycles. The Morgan fingerprint density at radius 3 is 2.82 bits per heavy atom. The van der Waals surface area contributed by atoms with E-state index in [-0.39, 0.29) is 6.61 Å². The summed E-state index contributed by atoms with van der Waals surface area (Å²) in [4.78, 5) is 14.9. The normalized spacial score (nSPS) is 11.7. The highest BCUT2D eigenvalue weighted by molar-refractivity contribution is 7.18. The van der Waals surface area contributed by atoms with E-state index in [4.69, 9.17) is 0 Å². The molecule has 0 unspecified atom stereocenters. The molecule has 2 aromatic rings. The van der Waals surface area contributed by atoms with Gasteiger partial charge in [0.05, 0.1) is 16.8 Å². The van der Waals surface area contributed by atoms with Crippen molar-refractivity contribution in [2.75, 3.05) is 6.61 Å². The molecule has 2 rings (SSSR count). The van der Waals surface area contributed by atoms with Crippen molar-refractivity contribution in [2.45, 2.75) is 12.8 Å². The lowest BCUT2D eigenvalue weighted by Crippen LogP contribution is -2.28. The molecule has 0 N–H and O–H groups in total. The molecule has 0 spiro atoms. The number of benzene rings is 1. The van der Waals surface area contributed by atoms with Crippen molar-refractivity contribution in [3.8, 4) is 0 Å². The van der Waals surface area contributed by atoms with E-state index < -0.39 is 16.9 Å². The average molecular weight is 257 g/mol. The zero-order valence-electron chi connectivity index (χ0n) is 8.94. The molecule has 1 aromatic heterocycles. The summed E-state index contributed by atoms with van der Waals surface area (Å²) < 4.78 is 32.2. The number of hydrogen-bond donors (Lipinski definition) is 0. The molecule has 0 bridgehead atoms. The van der Waals surface area contributed by atoms with Crippen LogP contribution in [0.4, 0.5) is 8.78 Å². The predicted molar refractivity (Wildman–Crippen MR) is 60.1 cm³/mol. The van der Waals surface area contributed by atoms with Gasteiger partial charge in [-0.05, 0) is 19.1 Å². The molecule has 0 amide bonds. The Labute approximate surface area is 100 Å². The number of hydrogen-bond acceptors (Lipinski definition) is 4. The second-order valence-corrected chi connectivity index (χ2v) is 4.31. The van der Waals surface area contributed by atoms with E-state index in [9.17, 15) is 13.6 Å². The Kier molecular flexibility index (Phi) is 3.06. The summed E-state index contributed by atoms with van der Waals surface area (Å²) in [5, 5.41) is -0.530. The topological polar surface area (TPSA) is 39.2 Å². The van der Waals surface area contributed by atoms with Gasteiger partial charge in [0.15, 0.2) is 5.01 Å². The van der Waals surface area contributed by atoms with Gasteiger partial charge in [-0.3, -0.25) is 0 Å². The Hall–Kier alpha value is -1.56. The van der Waals surface area contributed by atoms with E-state index >= 15 is 0 Å². The van der Waals surface area contributed by atoms with Crippen molar-refractivity contribution in [1.29, 1.82) is 0 Å². The highest BCUT2D eigenvalue weighted by atomic mass is 32.1. The number of rotatable bonds is 3. The lowest BCUT2D eigenvalue weighted by atomic mass is 10.3. The number of esters is 1. The number of para-hydroxylation sites is 1. The second-order valence-electron chi connectivity index (χ2n) is 3.28. The first-order chi connectivity index (χ1) is 8.05. The fourth-order valence-corrected chi connectivity index (χ4v) is 2.24. The van der Waals surface area contributed by atoms with Crippen molar-refractivity contribution in [2.24, 2.45) is 0 Å². The van der Waals surface area contributed by atoms with Crippen molar-refractivity contribution < 1.29 is 18.3 Å². The maximum Gasteiger partial charge on any atom is 0.393 e. The van der Waals surface area contributed by atoms with Crippen LogP contribution >= 0.6 is 11.3 Å². The van der Waals surface area contributed by atoms with Gasteiger partial charge in [-0.1, -0.05) is 12.1 Å². The van der Waals surface area contributed by atoms with Gasteiger partial charge in [-0.25, -0.2) is 9.78 Å². The van der Waals surface area contributed by atoms with Gasteiger partial charge in [0, 0.05) is 0 Å². The average Bonchev–Trinajstić information content (AvgIpc) is 2.73. The summed E-state index contributed by atoms with van der Waals surface area (Å²) in [6, 6.07) is 6.73. The first-order valence-corrected chi connectivity index (χ1v) is 5.78. The lowest BCUT2D eigenvalue weighted by molar-refractivity contribution is -0.173. The molecule has 1 aromatic carbocycles. The van der Waals surface area contributed by atoms with Gasteiger partial charge in [0.1, 0.15) is 0 Å². The molecule has 0 fully saturated rings. The van der Waals surface area contributed by atoms with E-state index in [0.29, 0.717) is 10.2 Å². The van der Waals surface area contributed by atoms with Crippen LogP contribution in [0.1, 0.15) is 11.9 Å². The molecule has 0 aliphatic heterocycles. The van der Waals surface area contributed by atoms with E-state index in [1.165, 1.54) is 6.92 Å². The molecular weight excluding hydrogens is 248 g/mol. The van der Waals surface area contributed by atoms with Crippen LogP contribution in [0, 0.1) is 0 Å². The molecule has 90 valence electrons. The van der Waals surface area contributed by atoms with Crippen LogP contribution in [-0.2, 0) is 15.5 Å². The summed E-state index contributed by atoms with van der Waals surface area (Å²) in [5.41, 5.74) is 0.455. The summed E-state index contributed by atoms with van der Waals surface area (Å²) in [6.45, 7) is 1.39. The molecule has 3 nitrogen and oxygen atoms in total. The van der Waals surface area contributed by atoms with Crippen LogP contribution in [-0.4, -0.2) is 17.6 Å². The van der Waals surface area contributed by atoms with Crippen LogP contribution in [0.3, 0.4) is 0 Å². The van der Waals surface area contributed by atoms with Crippen molar-refractivity contribution in [1.82, 2.24) is 4.98 Å². The number of fused-ring (bicyclic) bond motifs is 1. The van der Waals surface area contributed by atoms with Gasteiger partial charge >= 0.3 is 11.9 Å². The number of carbonyl (C=O) groups excluding carboxylic acids is 1. The molecule has 0 atom stereocenters.